The van der Waals surface area contributed by atoms with Gasteiger partial charge in [0.2, 0.25) is 27.7 Å². The maximum atomic E-state index is 14.1. The molecule has 1 unspecified atom stereocenters. The van der Waals surface area contributed by atoms with Crippen molar-refractivity contribution in [2.45, 2.75) is 70.6 Å². The van der Waals surface area contributed by atoms with Crippen LogP contribution in [0.2, 0.25) is 0 Å². The Labute approximate surface area is 305 Å². The normalized spacial score (nSPS) is 18.8. The van der Waals surface area contributed by atoms with Crippen molar-refractivity contribution in [1.82, 2.24) is 14.1 Å². The number of para-hydroxylation sites is 1. The summed E-state index contributed by atoms with van der Waals surface area (Å²) in [6.45, 7) is 5.95. The zero-order chi connectivity index (χ0) is 37.4. The van der Waals surface area contributed by atoms with E-state index in [0.717, 1.165) is 39.8 Å². The number of piperidine rings is 1. The fourth-order valence-electron chi connectivity index (χ4n) is 7.49. The van der Waals surface area contributed by atoms with E-state index in [2.05, 4.69) is 10.6 Å². The van der Waals surface area contributed by atoms with Crippen molar-refractivity contribution in [2.75, 3.05) is 43.6 Å². The smallest absolute Gasteiger partial charge is 0.410 e. The summed E-state index contributed by atoms with van der Waals surface area (Å²) in [6, 6.07) is 20.9. The Balaban J connectivity index is 1.19. The summed E-state index contributed by atoms with van der Waals surface area (Å²) >= 11 is 0. The fraction of sp³-hybridized carbons (Fsp3) is 0.436. The Morgan fingerprint density at radius 1 is 0.942 bits per heavy atom. The second kappa shape index (κ2) is 14.3. The predicted molar refractivity (Wildman–Crippen MR) is 198 cm³/mol. The second-order valence-corrected chi connectivity index (χ2v) is 17.2. The summed E-state index contributed by atoms with van der Waals surface area (Å²) in [4.78, 5) is 56.8. The molecule has 0 saturated carbocycles. The molecule has 6 rings (SSSR count). The molecule has 52 heavy (non-hydrogen) atoms. The van der Waals surface area contributed by atoms with Gasteiger partial charge in [-0.25, -0.2) is 17.5 Å². The van der Waals surface area contributed by atoms with Crippen LogP contribution in [0.25, 0.3) is 0 Å². The van der Waals surface area contributed by atoms with Crippen LogP contribution < -0.4 is 10.6 Å². The summed E-state index contributed by atoms with van der Waals surface area (Å²) in [7, 11) is -1.74. The van der Waals surface area contributed by atoms with Gasteiger partial charge in [0.1, 0.15) is 12.1 Å². The molecule has 2 aliphatic heterocycles. The molecule has 1 saturated heterocycles. The number of hydrogen-bond acceptors (Lipinski definition) is 7. The summed E-state index contributed by atoms with van der Waals surface area (Å²) in [6.07, 6.45) is 2.46. The maximum absolute atomic E-state index is 14.1. The number of anilines is 2. The van der Waals surface area contributed by atoms with Crippen molar-refractivity contribution in [3.63, 3.8) is 0 Å². The average Bonchev–Trinajstić information content (AvgIpc) is 3.60. The molecule has 1 aliphatic carbocycles. The highest BCUT2D eigenvalue weighted by molar-refractivity contribution is 7.88. The molecule has 3 aromatic carbocycles. The van der Waals surface area contributed by atoms with Crippen molar-refractivity contribution >= 4 is 45.2 Å². The van der Waals surface area contributed by atoms with Gasteiger partial charge in [0.05, 0.1) is 11.7 Å². The van der Waals surface area contributed by atoms with Crippen molar-refractivity contribution in [2.24, 2.45) is 5.92 Å². The van der Waals surface area contributed by atoms with Gasteiger partial charge in [0, 0.05) is 50.5 Å². The number of sulfonamides is 1. The van der Waals surface area contributed by atoms with E-state index in [4.69, 9.17) is 4.74 Å². The van der Waals surface area contributed by atoms with Gasteiger partial charge in [-0.15, -0.1) is 0 Å². The minimum atomic E-state index is -3.38. The number of fused-ring (bicyclic) bond motifs is 3. The molecular formula is C39H47N5O7S. The first-order chi connectivity index (χ1) is 24.5. The van der Waals surface area contributed by atoms with Gasteiger partial charge < -0.3 is 25.2 Å². The average molecular weight is 730 g/mol. The highest BCUT2D eigenvalue weighted by Crippen LogP contribution is 2.47. The zero-order valence-electron chi connectivity index (χ0n) is 30.4. The number of benzene rings is 3. The van der Waals surface area contributed by atoms with Gasteiger partial charge in [-0.05, 0) is 92.5 Å². The minimum Gasteiger partial charge on any atom is -0.444 e. The van der Waals surface area contributed by atoms with Crippen LogP contribution in [-0.2, 0) is 60.5 Å². The third kappa shape index (κ3) is 8.00. The third-order valence-corrected chi connectivity index (χ3v) is 11.4. The largest absolute Gasteiger partial charge is 0.444 e. The summed E-state index contributed by atoms with van der Waals surface area (Å²) in [5.41, 5.74) is 4.65. The molecule has 3 aliphatic rings. The standard InChI is InChI=1S/C39H47N5O7S/c1-38(2,3)51-37(48)42(4)23-28-10-6-7-11-29(28)24-43(35(46)26-16-18-44(19-17-26)52(5,49)50)25-34(45)40-31-15-14-27-21-39(22-30(27)20-31)32-12-8-9-13-33(32)41-36(39)47/h6-15,20,26H,16-19,21-25H2,1-5H3,(H,40,45)(H,41,47). The molecule has 0 bridgehead atoms. The Bertz CT molecular complexity index is 2000. The van der Waals surface area contributed by atoms with E-state index in [-0.39, 0.29) is 50.4 Å². The van der Waals surface area contributed by atoms with E-state index in [1.807, 2.05) is 66.7 Å². The molecule has 12 nitrogen and oxygen atoms in total. The Morgan fingerprint density at radius 2 is 1.58 bits per heavy atom. The van der Waals surface area contributed by atoms with Crippen LogP contribution in [0.5, 0.6) is 0 Å². The topological polar surface area (TPSA) is 145 Å². The number of carbonyl (C=O) groups excluding carboxylic acids is 4. The van der Waals surface area contributed by atoms with E-state index in [0.29, 0.717) is 31.4 Å². The molecule has 1 fully saturated rings. The molecule has 276 valence electrons. The first-order valence-electron chi connectivity index (χ1n) is 17.6. The highest BCUT2D eigenvalue weighted by atomic mass is 32.2. The van der Waals surface area contributed by atoms with Crippen LogP contribution in [-0.4, -0.2) is 84.9 Å². The number of carbonyl (C=O) groups is 4. The van der Waals surface area contributed by atoms with Crippen LogP contribution in [0.15, 0.2) is 66.7 Å². The number of nitrogens with zero attached hydrogens (tertiary/aromatic N) is 3. The molecule has 2 heterocycles. The summed E-state index contributed by atoms with van der Waals surface area (Å²) < 4.78 is 31.2. The van der Waals surface area contributed by atoms with Crippen molar-refractivity contribution in [3.8, 4) is 0 Å². The van der Waals surface area contributed by atoms with Gasteiger partial charge in [-0.3, -0.25) is 14.4 Å². The second-order valence-electron chi connectivity index (χ2n) is 15.2. The molecule has 13 heteroatoms. The number of amides is 4. The van der Waals surface area contributed by atoms with E-state index >= 15 is 0 Å². The van der Waals surface area contributed by atoms with E-state index < -0.39 is 33.1 Å². The van der Waals surface area contributed by atoms with Crippen LogP contribution in [0, 0.1) is 5.92 Å². The van der Waals surface area contributed by atoms with Crippen molar-refractivity contribution < 1.29 is 32.3 Å². The fourth-order valence-corrected chi connectivity index (χ4v) is 8.36. The van der Waals surface area contributed by atoms with Gasteiger partial charge >= 0.3 is 6.09 Å². The van der Waals surface area contributed by atoms with Crippen LogP contribution >= 0.6 is 0 Å². The summed E-state index contributed by atoms with van der Waals surface area (Å²) in [5, 5.41) is 6.00. The third-order valence-electron chi connectivity index (χ3n) is 10.1. The molecule has 3 aromatic rings. The van der Waals surface area contributed by atoms with Gasteiger partial charge in [0.15, 0.2) is 0 Å². The maximum Gasteiger partial charge on any atom is 0.410 e. The predicted octanol–water partition coefficient (Wildman–Crippen LogP) is 4.68. The number of ether oxygens (including phenoxy) is 1. The molecule has 0 aromatic heterocycles. The van der Waals surface area contributed by atoms with Gasteiger partial charge in [-0.2, -0.15) is 0 Å². The first kappa shape index (κ1) is 37.0. The van der Waals surface area contributed by atoms with E-state index in [9.17, 15) is 27.6 Å². The van der Waals surface area contributed by atoms with Crippen LogP contribution in [0.4, 0.5) is 16.2 Å². The van der Waals surface area contributed by atoms with Crippen LogP contribution in [0.3, 0.4) is 0 Å². The van der Waals surface area contributed by atoms with Gasteiger partial charge in [0.25, 0.3) is 0 Å². The lowest BCUT2D eigenvalue weighted by Crippen LogP contribution is -2.46. The lowest BCUT2D eigenvalue weighted by Gasteiger charge is -2.33. The molecule has 0 radical (unpaired) electrons. The van der Waals surface area contributed by atoms with Crippen LogP contribution in [0.1, 0.15) is 61.4 Å². The quantitative estimate of drug-likeness (QED) is 0.326. The summed E-state index contributed by atoms with van der Waals surface area (Å²) in [5.74, 6) is -1.11. The number of nitrogens with one attached hydrogen (secondary N) is 2. The Morgan fingerprint density at radius 3 is 2.25 bits per heavy atom. The Hall–Kier alpha value is -4.75. The van der Waals surface area contributed by atoms with Gasteiger partial charge in [-0.1, -0.05) is 48.5 Å². The van der Waals surface area contributed by atoms with E-state index in [1.165, 1.54) is 14.1 Å². The van der Waals surface area contributed by atoms with Crippen molar-refractivity contribution in [3.05, 3.63) is 94.5 Å². The van der Waals surface area contributed by atoms with Crippen molar-refractivity contribution in [1.29, 1.82) is 0 Å². The lowest BCUT2D eigenvalue weighted by atomic mass is 9.79. The minimum absolute atomic E-state index is 0.0235. The molecule has 1 atom stereocenters. The molecule has 1 spiro atoms. The molecule has 4 amide bonds. The highest BCUT2D eigenvalue weighted by Gasteiger charge is 2.50. The Kier molecular flexibility index (Phi) is 10.2. The molecule has 2 N–H and O–H groups in total. The SMILES string of the molecule is CN(Cc1ccccc1CN(CC(=O)Nc1ccc2c(c1)CC1(C2)C(=O)Nc2ccccc21)C(=O)C1CCN(S(C)(=O)=O)CC1)C(=O)OC(C)(C)C. The number of rotatable bonds is 9. The lowest BCUT2D eigenvalue weighted by molar-refractivity contribution is -0.140. The first-order valence-corrected chi connectivity index (χ1v) is 19.4. The zero-order valence-corrected chi connectivity index (χ0v) is 31.2. The number of hydrogen-bond donors (Lipinski definition) is 2. The monoisotopic (exact) mass is 729 g/mol. The van der Waals surface area contributed by atoms with E-state index in [1.54, 1.807) is 27.8 Å². The molecular weight excluding hydrogens is 683 g/mol.